The van der Waals surface area contributed by atoms with Gasteiger partial charge in [-0.1, -0.05) is 12.1 Å². The van der Waals surface area contributed by atoms with E-state index in [4.69, 9.17) is 10.00 Å². The molecule has 1 heterocycles. The van der Waals surface area contributed by atoms with E-state index in [2.05, 4.69) is 15.5 Å². The van der Waals surface area contributed by atoms with E-state index in [0.29, 0.717) is 23.7 Å². The molecule has 0 atom stereocenters. The van der Waals surface area contributed by atoms with Crippen LogP contribution in [0.5, 0.6) is 5.75 Å². The highest BCUT2D eigenvalue weighted by Crippen LogP contribution is 2.28. The van der Waals surface area contributed by atoms with Gasteiger partial charge in [0.05, 0.1) is 18.4 Å². The molecule has 6 nitrogen and oxygen atoms in total. The van der Waals surface area contributed by atoms with E-state index in [9.17, 15) is 4.79 Å². The van der Waals surface area contributed by atoms with Gasteiger partial charge in [-0.3, -0.25) is 9.89 Å². The van der Waals surface area contributed by atoms with Crippen molar-refractivity contribution in [2.75, 3.05) is 13.2 Å². The van der Waals surface area contributed by atoms with Gasteiger partial charge in [-0.05, 0) is 25.1 Å². The van der Waals surface area contributed by atoms with E-state index in [1.165, 1.54) is 0 Å². The Hall–Kier alpha value is -2.81. The molecule has 2 N–H and O–H groups in total. The largest absolute Gasteiger partial charge is 0.493 e. The second kappa shape index (κ2) is 6.38. The molecule has 1 aromatic carbocycles. The summed E-state index contributed by atoms with van der Waals surface area (Å²) < 4.78 is 5.53. The van der Waals surface area contributed by atoms with Crippen LogP contribution in [-0.2, 0) is 0 Å². The molecule has 6 heteroatoms. The molecule has 0 saturated carbocycles. The SMILES string of the molecule is CCOc1ccccc1-c1cc(C(=O)NCC#N)[nH]n1. The first-order valence-corrected chi connectivity index (χ1v) is 6.19. The molecule has 0 aliphatic heterocycles. The van der Waals surface area contributed by atoms with Crippen molar-refractivity contribution in [1.29, 1.82) is 5.26 Å². The summed E-state index contributed by atoms with van der Waals surface area (Å²) in [6.45, 7) is 2.42. The second-order valence-corrected chi connectivity index (χ2v) is 3.94. The Labute approximate surface area is 116 Å². The average Bonchev–Trinajstić information content (AvgIpc) is 2.95. The predicted octanol–water partition coefficient (Wildman–Crippen LogP) is 1.73. The number of aromatic amines is 1. The summed E-state index contributed by atoms with van der Waals surface area (Å²) in [6, 6.07) is 11.0. The number of hydrogen-bond donors (Lipinski definition) is 2. The summed E-state index contributed by atoms with van der Waals surface area (Å²) in [5.41, 5.74) is 1.74. The molecule has 102 valence electrons. The van der Waals surface area contributed by atoms with Gasteiger partial charge in [0.2, 0.25) is 0 Å². The predicted molar refractivity (Wildman–Crippen MR) is 73.1 cm³/mol. The monoisotopic (exact) mass is 270 g/mol. The minimum absolute atomic E-state index is 0.0390. The number of nitrogens with zero attached hydrogens (tertiary/aromatic N) is 2. The topological polar surface area (TPSA) is 90.8 Å². The van der Waals surface area contributed by atoms with Gasteiger partial charge >= 0.3 is 0 Å². The molecule has 0 aliphatic rings. The van der Waals surface area contributed by atoms with Gasteiger partial charge in [-0.2, -0.15) is 10.4 Å². The van der Waals surface area contributed by atoms with Gasteiger partial charge in [0.15, 0.2) is 0 Å². The fourth-order valence-corrected chi connectivity index (χ4v) is 1.75. The highest BCUT2D eigenvalue weighted by molar-refractivity contribution is 5.93. The summed E-state index contributed by atoms with van der Waals surface area (Å²) in [4.78, 5) is 11.7. The number of rotatable bonds is 5. The van der Waals surface area contributed by atoms with Crippen molar-refractivity contribution in [1.82, 2.24) is 15.5 Å². The summed E-state index contributed by atoms with van der Waals surface area (Å²) >= 11 is 0. The number of nitriles is 1. The molecular formula is C14H14N4O2. The maximum absolute atomic E-state index is 11.7. The van der Waals surface area contributed by atoms with Crippen LogP contribution in [0.3, 0.4) is 0 Å². The van der Waals surface area contributed by atoms with Crippen LogP contribution in [0, 0.1) is 11.3 Å². The first kappa shape index (κ1) is 13.6. The summed E-state index contributed by atoms with van der Waals surface area (Å²) in [5, 5.41) is 17.6. The van der Waals surface area contributed by atoms with Crippen LogP contribution in [0.2, 0.25) is 0 Å². The summed E-state index contributed by atoms with van der Waals surface area (Å²) in [6.07, 6.45) is 0. The van der Waals surface area contributed by atoms with Gasteiger partial charge in [-0.15, -0.1) is 0 Å². The average molecular weight is 270 g/mol. The van der Waals surface area contributed by atoms with Crippen LogP contribution in [0.1, 0.15) is 17.4 Å². The van der Waals surface area contributed by atoms with Crippen molar-refractivity contribution >= 4 is 5.91 Å². The Morgan fingerprint density at radius 3 is 3.05 bits per heavy atom. The normalized spacial score (nSPS) is 9.80. The highest BCUT2D eigenvalue weighted by atomic mass is 16.5. The maximum atomic E-state index is 11.7. The third-order valence-corrected chi connectivity index (χ3v) is 2.61. The molecule has 0 bridgehead atoms. The zero-order valence-corrected chi connectivity index (χ0v) is 11.0. The number of carbonyl (C=O) groups is 1. The molecule has 0 fully saturated rings. The van der Waals surface area contributed by atoms with Crippen LogP contribution < -0.4 is 10.1 Å². The fourth-order valence-electron chi connectivity index (χ4n) is 1.75. The van der Waals surface area contributed by atoms with E-state index in [1.54, 1.807) is 6.07 Å². The molecule has 0 saturated heterocycles. The van der Waals surface area contributed by atoms with Crippen molar-refractivity contribution in [3.8, 4) is 23.1 Å². The Bertz CT molecular complexity index is 643. The number of para-hydroxylation sites is 1. The zero-order chi connectivity index (χ0) is 14.4. The third-order valence-electron chi connectivity index (χ3n) is 2.61. The van der Waals surface area contributed by atoms with Crippen molar-refractivity contribution in [3.63, 3.8) is 0 Å². The number of aromatic nitrogens is 2. The first-order chi connectivity index (χ1) is 9.76. The van der Waals surface area contributed by atoms with E-state index in [0.717, 1.165) is 5.56 Å². The second-order valence-electron chi connectivity index (χ2n) is 3.94. The van der Waals surface area contributed by atoms with E-state index in [1.807, 2.05) is 37.3 Å². The quantitative estimate of drug-likeness (QED) is 0.809. The number of nitrogens with one attached hydrogen (secondary N) is 2. The summed E-state index contributed by atoms with van der Waals surface area (Å²) in [7, 11) is 0. The van der Waals surface area contributed by atoms with Crippen molar-refractivity contribution in [2.45, 2.75) is 6.92 Å². The molecule has 0 aliphatic carbocycles. The van der Waals surface area contributed by atoms with Crippen LogP contribution in [0.15, 0.2) is 30.3 Å². The van der Waals surface area contributed by atoms with E-state index < -0.39 is 0 Å². The van der Waals surface area contributed by atoms with Gasteiger partial charge in [0.1, 0.15) is 18.0 Å². The van der Waals surface area contributed by atoms with Crippen molar-refractivity contribution in [3.05, 3.63) is 36.0 Å². The minimum Gasteiger partial charge on any atom is -0.493 e. The third kappa shape index (κ3) is 2.95. The van der Waals surface area contributed by atoms with Gasteiger partial charge in [-0.25, -0.2) is 0 Å². The molecule has 1 amide bonds. The molecule has 1 aromatic heterocycles. The minimum atomic E-state index is -0.362. The number of hydrogen-bond acceptors (Lipinski definition) is 4. The lowest BCUT2D eigenvalue weighted by molar-refractivity contribution is 0.0953. The standard InChI is InChI=1S/C14H14N4O2/c1-2-20-13-6-4-3-5-10(13)11-9-12(18-17-11)14(19)16-8-7-15/h3-6,9H,2,8H2,1H3,(H,16,19)(H,17,18). The molecule has 20 heavy (non-hydrogen) atoms. The zero-order valence-electron chi connectivity index (χ0n) is 11.0. The molecule has 0 radical (unpaired) electrons. The number of benzene rings is 1. The van der Waals surface area contributed by atoms with Crippen LogP contribution in [0.4, 0.5) is 0 Å². The number of ether oxygens (including phenoxy) is 1. The molecular weight excluding hydrogens is 256 g/mol. The van der Waals surface area contributed by atoms with E-state index >= 15 is 0 Å². The fraction of sp³-hybridized carbons (Fsp3) is 0.214. The smallest absolute Gasteiger partial charge is 0.270 e. The Kier molecular flexibility index (Phi) is 4.35. The lowest BCUT2D eigenvalue weighted by Crippen LogP contribution is -2.23. The van der Waals surface area contributed by atoms with Crippen LogP contribution >= 0.6 is 0 Å². The summed E-state index contributed by atoms with van der Waals surface area (Å²) in [5.74, 6) is 0.352. The Morgan fingerprint density at radius 1 is 1.50 bits per heavy atom. The van der Waals surface area contributed by atoms with Crippen LogP contribution in [0.25, 0.3) is 11.3 Å². The highest BCUT2D eigenvalue weighted by Gasteiger charge is 2.13. The lowest BCUT2D eigenvalue weighted by atomic mass is 10.1. The van der Waals surface area contributed by atoms with Gasteiger partial charge in [0.25, 0.3) is 5.91 Å². The molecule has 2 rings (SSSR count). The number of amides is 1. The van der Waals surface area contributed by atoms with Crippen molar-refractivity contribution in [2.24, 2.45) is 0 Å². The van der Waals surface area contributed by atoms with Crippen LogP contribution in [-0.4, -0.2) is 29.3 Å². The lowest BCUT2D eigenvalue weighted by Gasteiger charge is -2.07. The van der Waals surface area contributed by atoms with Crippen molar-refractivity contribution < 1.29 is 9.53 Å². The Morgan fingerprint density at radius 2 is 2.30 bits per heavy atom. The first-order valence-electron chi connectivity index (χ1n) is 6.19. The maximum Gasteiger partial charge on any atom is 0.270 e. The van der Waals surface area contributed by atoms with E-state index in [-0.39, 0.29) is 12.5 Å². The number of H-pyrrole nitrogens is 1. The molecule has 0 unspecified atom stereocenters. The Balaban J connectivity index is 2.25. The number of carbonyl (C=O) groups excluding carboxylic acids is 1. The van der Waals surface area contributed by atoms with Gasteiger partial charge < -0.3 is 10.1 Å². The molecule has 2 aromatic rings. The van der Waals surface area contributed by atoms with Gasteiger partial charge in [0, 0.05) is 5.56 Å². The molecule has 0 spiro atoms.